The van der Waals surface area contributed by atoms with E-state index >= 15 is 0 Å². The van der Waals surface area contributed by atoms with E-state index in [2.05, 4.69) is 69.3 Å². The van der Waals surface area contributed by atoms with Crippen LogP contribution in [0, 0.1) is 0 Å². The zero-order valence-electron chi connectivity index (χ0n) is 14.3. The fraction of sp³-hybridized carbons (Fsp3) is 0.455. The van der Waals surface area contributed by atoms with Crippen LogP contribution in [0.4, 0.5) is 0 Å². The Kier molecular flexibility index (Phi) is 1.82. The normalized spacial score (nSPS) is 46.5. The molecule has 2 fully saturated rings. The highest BCUT2D eigenvalue weighted by molar-refractivity contribution is 5.61. The van der Waals surface area contributed by atoms with Crippen molar-refractivity contribution >= 4 is 0 Å². The highest BCUT2D eigenvalue weighted by atomic mass is 15.7. The van der Waals surface area contributed by atoms with Crippen LogP contribution in [-0.4, -0.2) is 10.5 Å². The molecule has 4 heterocycles. The molecule has 1 heteroatoms. The Morgan fingerprint density at radius 1 is 0.870 bits per heavy atom. The maximum absolute atomic E-state index is 2.55. The number of rotatable bonds is 2. The first kappa shape index (κ1) is 12.8. The molecular weight excluding hydrogens is 278 g/mol. The average Bonchev–Trinajstić information content (AvgIpc) is 2.93. The Labute approximate surface area is 138 Å². The molecular formula is C22H24N+. The Bertz CT molecular complexity index is 864. The zero-order valence-corrected chi connectivity index (χ0v) is 14.3. The van der Waals surface area contributed by atoms with E-state index in [1.54, 1.807) is 22.3 Å². The van der Waals surface area contributed by atoms with Gasteiger partial charge in [-0.1, -0.05) is 62.4 Å². The molecule has 2 aromatic carbocycles. The van der Waals surface area contributed by atoms with Gasteiger partial charge in [-0.15, -0.1) is 0 Å². The van der Waals surface area contributed by atoms with Crippen molar-refractivity contribution in [2.45, 2.75) is 62.7 Å². The Balaban J connectivity index is 1.81. The molecule has 4 aliphatic heterocycles. The molecule has 0 N–H and O–H groups in total. The molecule has 0 saturated carbocycles. The van der Waals surface area contributed by atoms with E-state index in [1.165, 1.54) is 23.7 Å². The van der Waals surface area contributed by atoms with Gasteiger partial charge in [-0.3, -0.25) is 4.48 Å². The molecule has 2 saturated heterocycles. The first-order chi connectivity index (χ1) is 11.2. The Hall–Kier alpha value is -1.60. The van der Waals surface area contributed by atoms with Crippen molar-refractivity contribution in [2.75, 3.05) is 0 Å². The summed E-state index contributed by atoms with van der Waals surface area (Å²) in [4.78, 5) is 0. The van der Waals surface area contributed by atoms with Crippen LogP contribution < -0.4 is 0 Å². The van der Waals surface area contributed by atoms with E-state index < -0.39 is 0 Å². The molecule has 0 radical (unpaired) electrons. The van der Waals surface area contributed by atoms with Crippen molar-refractivity contribution in [2.24, 2.45) is 0 Å². The van der Waals surface area contributed by atoms with Gasteiger partial charge in [0, 0.05) is 35.1 Å². The Morgan fingerprint density at radius 2 is 1.43 bits per heavy atom. The van der Waals surface area contributed by atoms with Crippen LogP contribution in [0.3, 0.4) is 0 Å². The van der Waals surface area contributed by atoms with Gasteiger partial charge >= 0.3 is 0 Å². The van der Waals surface area contributed by atoms with Gasteiger partial charge in [-0.25, -0.2) is 0 Å². The third-order valence-electron chi connectivity index (χ3n) is 8.49. The van der Waals surface area contributed by atoms with Crippen LogP contribution in [-0.2, 0) is 16.6 Å². The second kappa shape index (κ2) is 3.28. The molecule has 116 valence electrons. The molecule has 0 bridgehead atoms. The molecule has 1 spiro atoms. The average molecular weight is 302 g/mol. The van der Waals surface area contributed by atoms with E-state index in [9.17, 15) is 0 Å². The van der Waals surface area contributed by atoms with E-state index in [0.717, 1.165) is 6.04 Å². The molecule has 6 rings (SSSR count). The summed E-state index contributed by atoms with van der Waals surface area (Å²) in [6, 6.07) is 19.6. The monoisotopic (exact) mass is 302 g/mol. The Morgan fingerprint density at radius 3 is 2.04 bits per heavy atom. The van der Waals surface area contributed by atoms with E-state index in [0.29, 0.717) is 11.1 Å². The van der Waals surface area contributed by atoms with Crippen molar-refractivity contribution in [3.05, 3.63) is 70.8 Å². The lowest BCUT2D eigenvalue weighted by Gasteiger charge is -2.50. The minimum atomic E-state index is 0.169. The van der Waals surface area contributed by atoms with Crippen molar-refractivity contribution in [1.29, 1.82) is 0 Å². The number of quaternary nitrogens is 1. The summed E-state index contributed by atoms with van der Waals surface area (Å²) in [7, 11) is 0. The maximum atomic E-state index is 2.55. The molecule has 23 heavy (non-hydrogen) atoms. The van der Waals surface area contributed by atoms with Gasteiger partial charge in [0.1, 0.15) is 5.54 Å². The van der Waals surface area contributed by atoms with E-state index in [4.69, 9.17) is 0 Å². The fourth-order valence-corrected chi connectivity index (χ4v) is 8.07. The molecule has 0 amide bonds. The summed E-state index contributed by atoms with van der Waals surface area (Å²) in [5.41, 5.74) is 7.48. The highest BCUT2D eigenvalue weighted by Crippen LogP contribution is 2.90. The first-order valence-corrected chi connectivity index (χ1v) is 9.26. The number of hydrogen-bond acceptors (Lipinski definition) is 0. The van der Waals surface area contributed by atoms with Crippen LogP contribution >= 0.6 is 0 Å². The van der Waals surface area contributed by atoms with Gasteiger partial charge in [-0.05, 0) is 6.92 Å². The fourth-order valence-electron chi connectivity index (χ4n) is 8.07. The van der Waals surface area contributed by atoms with Crippen molar-refractivity contribution < 1.29 is 4.48 Å². The number of benzene rings is 2. The molecule has 2 aromatic rings. The van der Waals surface area contributed by atoms with Crippen LogP contribution in [0.25, 0.3) is 0 Å². The molecule has 5 atom stereocenters. The number of hydrogen-bond donors (Lipinski definition) is 0. The smallest absolute Gasteiger partial charge is 0.180 e. The minimum Gasteiger partial charge on any atom is -0.281 e. The van der Waals surface area contributed by atoms with Crippen molar-refractivity contribution in [3.63, 3.8) is 0 Å². The van der Waals surface area contributed by atoms with Gasteiger partial charge in [0.15, 0.2) is 17.1 Å². The summed E-state index contributed by atoms with van der Waals surface area (Å²) >= 11 is 0. The predicted octanol–water partition coefficient (Wildman–Crippen LogP) is 4.79. The number of nitrogens with zero attached hydrogens (tertiary/aromatic N) is 1. The third-order valence-corrected chi connectivity index (χ3v) is 8.49. The molecule has 1 nitrogen and oxygen atoms in total. The lowest BCUT2D eigenvalue weighted by Crippen LogP contribution is -2.61. The minimum absolute atomic E-state index is 0.169. The predicted molar refractivity (Wildman–Crippen MR) is 91.9 cm³/mol. The van der Waals surface area contributed by atoms with Gasteiger partial charge in [0.25, 0.3) is 0 Å². The van der Waals surface area contributed by atoms with Crippen molar-refractivity contribution in [1.82, 2.24) is 0 Å². The summed E-state index contributed by atoms with van der Waals surface area (Å²) in [5.74, 6) is 0. The first-order valence-electron chi connectivity index (χ1n) is 9.26. The van der Waals surface area contributed by atoms with E-state index in [-0.39, 0.29) is 5.54 Å². The zero-order chi connectivity index (χ0) is 15.7. The molecule has 0 aliphatic carbocycles. The summed E-state index contributed by atoms with van der Waals surface area (Å²) < 4.78 is 1.33. The SMILES string of the molecule is CC[C@]12CC3[C@]4(CC)c5ccccc5C(C)(c5ccccc51)[N+]324. The van der Waals surface area contributed by atoms with Gasteiger partial charge < -0.3 is 0 Å². The standard InChI is InChI=1S/C22H24N/c1-4-21-14-19-22(5-2)18-13-9-7-11-16(18)20(3,23(19,21)22)15-10-6-8-12-17(15)21/h6-13,19H,4-5,14H2,1-3H3/q+1/t19?,20?,21-,22-,23?/m0/s1. The largest absolute Gasteiger partial charge is 0.281 e. The van der Waals surface area contributed by atoms with Gasteiger partial charge in [-0.2, -0.15) is 0 Å². The van der Waals surface area contributed by atoms with Crippen LogP contribution in [0.2, 0.25) is 0 Å². The third kappa shape index (κ3) is 0.809. The molecule has 0 aromatic heterocycles. The molecule has 3 unspecified atom stereocenters. The van der Waals surface area contributed by atoms with Crippen LogP contribution in [0.1, 0.15) is 62.3 Å². The molecule has 4 aliphatic rings. The summed E-state index contributed by atoms with van der Waals surface area (Å²) in [6.07, 6.45) is 3.93. The summed E-state index contributed by atoms with van der Waals surface area (Å²) in [6.45, 7) is 7.41. The van der Waals surface area contributed by atoms with Gasteiger partial charge in [0.2, 0.25) is 0 Å². The lowest BCUT2D eigenvalue weighted by molar-refractivity contribution is -0.975. The van der Waals surface area contributed by atoms with Crippen LogP contribution in [0.15, 0.2) is 48.5 Å². The topological polar surface area (TPSA) is 0 Å². The quantitative estimate of drug-likeness (QED) is 0.552. The lowest BCUT2D eigenvalue weighted by atomic mass is 9.76. The van der Waals surface area contributed by atoms with E-state index in [1.807, 2.05) is 0 Å². The summed E-state index contributed by atoms with van der Waals surface area (Å²) in [5, 5.41) is 0. The second-order valence-electron chi connectivity index (χ2n) is 8.27. The van der Waals surface area contributed by atoms with Crippen LogP contribution in [0.5, 0.6) is 0 Å². The van der Waals surface area contributed by atoms with Gasteiger partial charge in [0.05, 0.1) is 6.42 Å². The maximum Gasteiger partial charge on any atom is 0.180 e. The van der Waals surface area contributed by atoms with Crippen molar-refractivity contribution in [3.8, 4) is 0 Å². The highest BCUT2D eigenvalue weighted by Gasteiger charge is 3.03. The second-order valence-corrected chi connectivity index (χ2v) is 8.27. The number of fused-ring (bicyclic) bond motifs is 7.